The highest BCUT2D eigenvalue weighted by Crippen LogP contribution is 2.29. The molecule has 2 aromatic heterocycles. The molecule has 1 aliphatic rings. The van der Waals surface area contributed by atoms with Crippen LogP contribution in [-0.2, 0) is 6.54 Å². The Morgan fingerprint density at radius 3 is 2.74 bits per heavy atom. The molecule has 0 saturated heterocycles. The second kappa shape index (κ2) is 11.3. The minimum absolute atomic E-state index is 0.0182. The number of nitrogens with zero attached hydrogens (tertiary/aromatic N) is 4. The topological polar surface area (TPSA) is 82.6 Å². The first kappa shape index (κ1) is 24.0. The zero-order valence-corrected chi connectivity index (χ0v) is 20.8. The van der Waals surface area contributed by atoms with Crippen molar-refractivity contribution in [1.29, 1.82) is 0 Å². The minimum Gasteiger partial charge on any atom is -0.485 e. The summed E-state index contributed by atoms with van der Waals surface area (Å²) >= 11 is 1.71. The van der Waals surface area contributed by atoms with E-state index in [9.17, 15) is 4.79 Å². The Morgan fingerprint density at radius 1 is 1.21 bits per heavy atom. The van der Waals surface area contributed by atoms with Crippen molar-refractivity contribution in [3.8, 4) is 5.75 Å². The number of hydrogen-bond donors (Lipinski definition) is 2. The van der Waals surface area contributed by atoms with Crippen LogP contribution in [0.25, 0.3) is 0 Å². The fourth-order valence-corrected chi connectivity index (χ4v) is 4.71. The summed E-state index contributed by atoms with van der Waals surface area (Å²) in [7, 11) is 3.91. The van der Waals surface area contributed by atoms with Crippen molar-refractivity contribution < 1.29 is 9.53 Å². The summed E-state index contributed by atoms with van der Waals surface area (Å²) in [4.78, 5) is 27.2. The predicted molar refractivity (Wildman–Crippen MR) is 137 cm³/mol. The van der Waals surface area contributed by atoms with Gasteiger partial charge in [0.2, 0.25) is 5.95 Å². The van der Waals surface area contributed by atoms with Crippen molar-refractivity contribution in [3.63, 3.8) is 0 Å². The largest absolute Gasteiger partial charge is 0.485 e. The number of rotatable bonds is 10. The molecule has 1 amide bonds. The van der Waals surface area contributed by atoms with Crippen LogP contribution in [0.4, 0.5) is 11.8 Å². The van der Waals surface area contributed by atoms with Gasteiger partial charge in [-0.15, -0.1) is 11.3 Å². The Morgan fingerprint density at radius 2 is 2.03 bits per heavy atom. The SMILES string of the molecule is CCNc1ncc2c(n1)N(C)CCN(Cc1ccc(O[C@@H](CCNC)c3cccs3)cc1)C2=O. The number of benzene rings is 1. The van der Waals surface area contributed by atoms with Crippen molar-refractivity contribution >= 4 is 29.0 Å². The molecule has 3 aromatic rings. The van der Waals surface area contributed by atoms with Crippen LogP contribution in [0.5, 0.6) is 5.75 Å². The van der Waals surface area contributed by atoms with Crippen molar-refractivity contribution in [2.24, 2.45) is 0 Å². The van der Waals surface area contributed by atoms with Crippen LogP contribution in [0.3, 0.4) is 0 Å². The maximum absolute atomic E-state index is 13.3. The molecule has 180 valence electrons. The number of ether oxygens (including phenoxy) is 1. The molecule has 0 saturated carbocycles. The van der Waals surface area contributed by atoms with Crippen LogP contribution in [-0.4, -0.2) is 61.0 Å². The Balaban J connectivity index is 1.45. The monoisotopic (exact) mass is 480 g/mol. The van der Waals surface area contributed by atoms with Crippen LogP contribution in [0, 0.1) is 0 Å². The number of fused-ring (bicyclic) bond motifs is 1. The second-order valence-electron chi connectivity index (χ2n) is 8.27. The molecule has 2 N–H and O–H groups in total. The average Bonchev–Trinajstić information content (AvgIpc) is 3.36. The number of likely N-dealkylation sites (N-methyl/N-ethyl adjacent to an activating group) is 1. The molecule has 3 heterocycles. The van der Waals surface area contributed by atoms with Crippen LogP contribution in [0.15, 0.2) is 48.0 Å². The smallest absolute Gasteiger partial charge is 0.259 e. The van der Waals surface area contributed by atoms with E-state index in [1.54, 1.807) is 17.5 Å². The summed E-state index contributed by atoms with van der Waals surface area (Å²) in [6.45, 7) is 5.45. The number of carbonyl (C=O) groups is 1. The summed E-state index contributed by atoms with van der Waals surface area (Å²) < 4.78 is 6.30. The molecule has 0 aliphatic carbocycles. The highest BCUT2D eigenvalue weighted by molar-refractivity contribution is 7.10. The lowest BCUT2D eigenvalue weighted by Crippen LogP contribution is -2.33. The van der Waals surface area contributed by atoms with E-state index >= 15 is 0 Å². The third-order valence-corrected chi connectivity index (χ3v) is 6.74. The lowest BCUT2D eigenvalue weighted by atomic mass is 10.1. The quantitative estimate of drug-likeness (QED) is 0.457. The highest BCUT2D eigenvalue weighted by atomic mass is 32.1. The Kier molecular flexibility index (Phi) is 7.97. The van der Waals surface area contributed by atoms with E-state index < -0.39 is 0 Å². The second-order valence-corrected chi connectivity index (χ2v) is 9.25. The number of anilines is 2. The van der Waals surface area contributed by atoms with Gasteiger partial charge in [-0.05, 0) is 49.7 Å². The number of hydrogen-bond acceptors (Lipinski definition) is 8. The molecule has 0 unspecified atom stereocenters. The maximum Gasteiger partial charge on any atom is 0.259 e. The molecule has 0 bridgehead atoms. The van der Waals surface area contributed by atoms with Gasteiger partial charge in [-0.2, -0.15) is 4.98 Å². The van der Waals surface area contributed by atoms with E-state index in [0.717, 1.165) is 30.8 Å². The molecule has 34 heavy (non-hydrogen) atoms. The summed E-state index contributed by atoms with van der Waals surface area (Å²) in [5.74, 6) is 1.99. The van der Waals surface area contributed by atoms with Gasteiger partial charge in [0.1, 0.15) is 23.2 Å². The Bertz CT molecular complexity index is 1070. The average molecular weight is 481 g/mol. The third kappa shape index (κ3) is 5.66. The van der Waals surface area contributed by atoms with Crippen molar-refractivity contribution in [1.82, 2.24) is 20.2 Å². The van der Waals surface area contributed by atoms with Crippen LogP contribution in [0.1, 0.15) is 40.2 Å². The molecule has 0 radical (unpaired) electrons. The maximum atomic E-state index is 13.3. The zero-order chi connectivity index (χ0) is 23.9. The Labute approximate surface area is 205 Å². The van der Waals surface area contributed by atoms with Crippen molar-refractivity contribution in [2.45, 2.75) is 26.0 Å². The summed E-state index contributed by atoms with van der Waals surface area (Å²) in [6.07, 6.45) is 2.54. The highest BCUT2D eigenvalue weighted by Gasteiger charge is 2.27. The van der Waals surface area contributed by atoms with Crippen LogP contribution < -0.4 is 20.3 Å². The van der Waals surface area contributed by atoms with Gasteiger partial charge in [0.05, 0.1) is 0 Å². The molecule has 0 spiro atoms. The summed E-state index contributed by atoms with van der Waals surface area (Å²) in [5.41, 5.74) is 1.59. The van der Waals surface area contributed by atoms with E-state index in [4.69, 9.17) is 4.74 Å². The van der Waals surface area contributed by atoms with E-state index in [2.05, 4.69) is 38.1 Å². The molecule has 1 aliphatic heterocycles. The van der Waals surface area contributed by atoms with Crippen LogP contribution >= 0.6 is 11.3 Å². The number of carbonyl (C=O) groups excluding carboxylic acids is 1. The number of nitrogens with one attached hydrogen (secondary N) is 2. The number of thiophene rings is 1. The van der Waals surface area contributed by atoms with E-state index in [0.29, 0.717) is 37.0 Å². The molecule has 0 fully saturated rings. The number of amides is 1. The van der Waals surface area contributed by atoms with E-state index in [1.165, 1.54) is 4.88 Å². The molecule has 1 aromatic carbocycles. The van der Waals surface area contributed by atoms with Gasteiger partial charge in [-0.3, -0.25) is 4.79 Å². The molecule has 4 rings (SSSR count). The summed E-state index contributed by atoms with van der Waals surface area (Å²) in [5, 5.41) is 8.39. The first-order chi connectivity index (χ1) is 16.6. The van der Waals surface area contributed by atoms with Gasteiger partial charge in [-0.1, -0.05) is 18.2 Å². The van der Waals surface area contributed by atoms with Crippen molar-refractivity contribution in [2.75, 3.05) is 50.5 Å². The molecular formula is C25H32N6O2S. The normalized spacial score (nSPS) is 14.5. The van der Waals surface area contributed by atoms with Gasteiger partial charge in [0.25, 0.3) is 5.91 Å². The zero-order valence-electron chi connectivity index (χ0n) is 20.0. The first-order valence-corrected chi connectivity index (χ1v) is 12.5. The van der Waals surface area contributed by atoms with Gasteiger partial charge in [0, 0.05) is 50.7 Å². The van der Waals surface area contributed by atoms with Crippen LogP contribution in [0.2, 0.25) is 0 Å². The number of aromatic nitrogens is 2. The van der Waals surface area contributed by atoms with Gasteiger partial charge in [0.15, 0.2) is 0 Å². The Hall–Kier alpha value is -3.17. The molecule has 8 nitrogen and oxygen atoms in total. The lowest BCUT2D eigenvalue weighted by Gasteiger charge is -2.22. The first-order valence-electron chi connectivity index (χ1n) is 11.6. The van der Waals surface area contributed by atoms with Gasteiger partial charge < -0.3 is 25.2 Å². The fraction of sp³-hybridized carbons (Fsp3) is 0.400. The third-order valence-electron chi connectivity index (χ3n) is 5.78. The summed E-state index contributed by atoms with van der Waals surface area (Å²) in [6, 6.07) is 12.2. The predicted octanol–water partition coefficient (Wildman–Crippen LogP) is 3.79. The van der Waals surface area contributed by atoms with Gasteiger partial charge >= 0.3 is 0 Å². The molecular weight excluding hydrogens is 448 g/mol. The fourth-order valence-electron chi connectivity index (χ4n) is 3.92. The van der Waals surface area contributed by atoms with Gasteiger partial charge in [-0.25, -0.2) is 4.98 Å². The van der Waals surface area contributed by atoms with E-state index in [1.807, 2.05) is 55.1 Å². The standard InChI is InChI=1S/C25H32N6O2S/c1-4-27-25-28-16-20-23(29-25)30(3)13-14-31(24(20)32)17-18-7-9-19(10-8-18)33-21(11-12-26-2)22-6-5-15-34-22/h5-10,15-16,21,26H,4,11-14,17H2,1-3H3,(H,27,28,29)/t21-/m0/s1. The van der Waals surface area contributed by atoms with E-state index in [-0.39, 0.29) is 12.0 Å². The molecule has 1 atom stereocenters. The lowest BCUT2D eigenvalue weighted by molar-refractivity contribution is 0.0754. The minimum atomic E-state index is -0.0486. The molecule has 9 heteroatoms. The van der Waals surface area contributed by atoms with Crippen molar-refractivity contribution in [3.05, 3.63) is 64.0 Å².